The van der Waals surface area contributed by atoms with Gasteiger partial charge in [-0.25, -0.2) is 0 Å². The van der Waals surface area contributed by atoms with Gasteiger partial charge in [-0.15, -0.1) is 0 Å². The monoisotopic (exact) mass is 280 g/mol. The van der Waals surface area contributed by atoms with E-state index in [1.54, 1.807) is 6.92 Å². The van der Waals surface area contributed by atoms with Gasteiger partial charge < -0.3 is 5.11 Å². The van der Waals surface area contributed by atoms with Crippen molar-refractivity contribution in [3.8, 4) is 0 Å². The van der Waals surface area contributed by atoms with E-state index in [4.69, 9.17) is 5.11 Å². The highest BCUT2D eigenvalue weighted by Gasteiger charge is 2.20. The van der Waals surface area contributed by atoms with Crippen LogP contribution in [0.5, 0.6) is 0 Å². The van der Waals surface area contributed by atoms with E-state index in [-0.39, 0.29) is 5.92 Å². The highest BCUT2D eigenvalue weighted by molar-refractivity contribution is 9.10. The summed E-state index contributed by atoms with van der Waals surface area (Å²) in [4.78, 5) is 10.9. The Hall–Kier alpha value is -1.09. The number of carbonyl (C=O) groups is 1. The molecule has 2 nitrogen and oxygen atoms in total. The van der Waals surface area contributed by atoms with E-state index in [1.165, 1.54) is 5.56 Å². The standard InChI is InChI=1S/C13H13BrO2/c1-8(13(15)16)10-3-2-9-4-5-12(14)7-11(9)6-10/h4-8H,2-3H2,1H3,(H,15,16). The summed E-state index contributed by atoms with van der Waals surface area (Å²) >= 11 is 3.43. The number of hydrogen-bond acceptors (Lipinski definition) is 1. The fourth-order valence-electron chi connectivity index (χ4n) is 1.98. The minimum atomic E-state index is -0.746. The van der Waals surface area contributed by atoms with Crippen molar-refractivity contribution in [1.82, 2.24) is 0 Å². The van der Waals surface area contributed by atoms with Crippen molar-refractivity contribution in [3.63, 3.8) is 0 Å². The Morgan fingerprint density at radius 3 is 2.88 bits per heavy atom. The molecule has 3 heteroatoms. The molecule has 1 N–H and O–H groups in total. The lowest BCUT2D eigenvalue weighted by molar-refractivity contribution is -0.139. The first-order chi connectivity index (χ1) is 7.58. The van der Waals surface area contributed by atoms with Crippen molar-refractivity contribution in [2.75, 3.05) is 0 Å². The number of hydrogen-bond donors (Lipinski definition) is 1. The van der Waals surface area contributed by atoms with Crippen LogP contribution in [0.2, 0.25) is 0 Å². The molecule has 0 aliphatic heterocycles. The molecule has 1 aliphatic rings. The molecule has 84 valence electrons. The molecule has 1 atom stereocenters. The van der Waals surface area contributed by atoms with Gasteiger partial charge in [-0.05, 0) is 43.0 Å². The van der Waals surface area contributed by atoms with Crippen LogP contribution in [0.1, 0.15) is 24.5 Å². The molecular weight excluding hydrogens is 268 g/mol. The van der Waals surface area contributed by atoms with Crippen LogP contribution in [0.4, 0.5) is 0 Å². The maximum atomic E-state index is 10.9. The van der Waals surface area contributed by atoms with Crippen molar-refractivity contribution < 1.29 is 9.90 Å². The van der Waals surface area contributed by atoms with Crippen molar-refractivity contribution in [2.24, 2.45) is 5.92 Å². The molecule has 0 aromatic heterocycles. The van der Waals surface area contributed by atoms with Gasteiger partial charge in [0.1, 0.15) is 0 Å². The third kappa shape index (κ3) is 2.19. The molecule has 16 heavy (non-hydrogen) atoms. The van der Waals surface area contributed by atoms with Gasteiger partial charge in [-0.3, -0.25) is 4.79 Å². The smallest absolute Gasteiger partial charge is 0.310 e. The van der Waals surface area contributed by atoms with Gasteiger partial charge in [-0.1, -0.05) is 33.6 Å². The summed E-state index contributed by atoms with van der Waals surface area (Å²) in [7, 11) is 0. The molecule has 1 unspecified atom stereocenters. The molecule has 0 radical (unpaired) electrons. The molecule has 2 rings (SSSR count). The first-order valence-electron chi connectivity index (χ1n) is 5.29. The third-order valence-electron chi connectivity index (χ3n) is 3.06. The van der Waals surface area contributed by atoms with Gasteiger partial charge in [0.05, 0.1) is 5.92 Å². The number of fused-ring (bicyclic) bond motifs is 1. The van der Waals surface area contributed by atoms with Crippen LogP contribution in [-0.4, -0.2) is 11.1 Å². The molecule has 0 amide bonds. The van der Waals surface area contributed by atoms with E-state index in [0.717, 1.165) is 28.5 Å². The summed E-state index contributed by atoms with van der Waals surface area (Å²) < 4.78 is 1.03. The molecule has 0 saturated carbocycles. The number of carboxylic acids is 1. The summed E-state index contributed by atoms with van der Waals surface area (Å²) in [6.45, 7) is 1.75. The van der Waals surface area contributed by atoms with Crippen LogP contribution in [0.15, 0.2) is 28.2 Å². The number of aliphatic carboxylic acids is 1. The largest absolute Gasteiger partial charge is 0.481 e. The molecular formula is C13H13BrO2. The first kappa shape index (κ1) is 11.4. The van der Waals surface area contributed by atoms with Crippen LogP contribution in [0, 0.1) is 5.92 Å². The van der Waals surface area contributed by atoms with Gasteiger partial charge in [-0.2, -0.15) is 0 Å². The van der Waals surface area contributed by atoms with Gasteiger partial charge in [0.25, 0.3) is 0 Å². The van der Waals surface area contributed by atoms with Crippen LogP contribution >= 0.6 is 15.9 Å². The number of benzene rings is 1. The highest BCUT2D eigenvalue weighted by atomic mass is 79.9. The van der Waals surface area contributed by atoms with Gasteiger partial charge in [0.2, 0.25) is 0 Å². The topological polar surface area (TPSA) is 37.3 Å². The summed E-state index contributed by atoms with van der Waals surface area (Å²) in [6.07, 6.45) is 3.80. The molecule has 1 aromatic rings. The predicted octanol–water partition coefficient (Wildman–Crippen LogP) is 3.50. The minimum Gasteiger partial charge on any atom is -0.481 e. The second-order valence-electron chi connectivity index (χ2n) is 4.12. The zero-order valence-electron chi connectivity index (χ0n) is 9.03. The predicted molar refractivity (Wildman–Crippen MR) is 67.2 cm³/mol. The van der Waals surface area contributed by atoms with Crippen molar-refractivity contribution in [2.45, 2.75) is 19.8 Å². The average Bonchev–Trinajstić information content (AvgIpc) is 2.26. The quantitative estimate of drug-likeness (QED) is 0.900. The van der Waals surface area contributed by atoms with E-state index in [1.807, 2.05) is 18.2 Å². The zero-order chi connectivity index (χ0) is 11.7. The second-order valence-corrected chi connectivity index (χ2v) is 5.04. The lowest BCUT2D eigenvalue weighted by Gasteiger charge is -2.19. The molecule has 0 heterocycles. The number of carboxylic acid groups (broad SMARTS) is 1. The molecule has 1 aromatic carbocycles. The van der Waals surface area contributed by atoms with Crippen LogP contribution in [-0.2, 0) is 11.2 Å². The molecule has 0 bridgehead atoms. The average molecular weight is 281 g/mol. The maximum Gasteiger partial charge on any atom is 0.310 e. The Kier molecular flexibility index (Phi) is 3.15. The van der Waals surface area contributed by atoms with Crippen molar-refractivity contribution in [1.29, 1.82) is 0 Å². The Labute approximate surface area is 103 Å². The fraction of sp³-hybridized carbons (Fsp3) is 0.308. The van der Waals surface area contributed by atoms with E-state index in [9.17, 15) is 4.79 Å². The van der Waals surface area contributed by atoms with Gasteiger partial charge in [0.15, 0.2) is 0 Å². The summed E-state index contributed by atoms with van der Waals surface area (Å²) in [5, 5.41) is 8.99. The normalized spacial score (nSPS) is 16.2. The first-order valence-corrected chi connectivity index (χ1v) is 6.09. The number of rotatable bonds is 2. The number of aryl methyl sites for hydroxylation is 1. The molecule has 0 spiro atoms. The highest BCUT2D eigenvalue weighted by Crippen LogP contribution is 2.30. The van der Waals surface area contributed by atoms with Crippen LogP contribution < -0.4 is 0 Å². The lowest BCUT2D eigenvalue weighted by Crippen LogP contribution is -2.15. The van der Waals surface area contributed by atoms with Crippen molar-refractivity contribution in [3.05, 3.63) is 39.4 Å². The lowest BCUT2D eigenvalue weighted by atomic mass is 9.86. The Morgan fingerprint density at radius 1 is 1.44 bits per heavy atom. The molecule has 1 aliphatic carbocycles. The molecule has 0 fully saturated rings. The third-order valence-corrected chi connectivity index (χ3v) is 3.55. The van der Waals surface area contributed by atoms with Crippen LogP contribution in [0.3, 0.4) is 0 Å². The van der Waals surface area contributed by atoms with Gasteiger partial charge >= 0.3 is 5.97 Å². The second kappa shape index (κ2) is 4.42. The Bertz CT molecular complexity index is 463. The van der Waals surface area contributed by atoms with Crippen LogP contribution in [0.25, 0.3) is 6.08 Å². The SMILES string of the molecule is CC(C(=O)O)C1=Cc2cc(Br)ccc2CC1. The fourth-order valence-corrected chi connectivity index (χ4v) is 2.36. The summed E-state index contributed by atoms with van der Waals surface area (Å²) in [5.41, 5.74) is 3.45. The number of halogens is 1. The van der Waals surface area contributed by atoms with E-state index in [0.29, 0.717) is 0 Å². The minimum absolute atomic E-state index is 0.382. The Morgan fingerprint density at radius 2 is 2.19 bits per heavy atom. The van der Waals surface area contributed by atoms with Crippen molar-refractivity contribution >= 4 is 28.0 Å². The summed E-state index contributed by atoms with van der Waals surface area (Å²) in [6, 6.07) is 6.17. The van der Waals surface area contributed by atoms with Gasteiger partial charge in [0, 0.05) is 4.47 Å². The zero-order valence-corrected chi connectivity index (χ0v) is 10.6. The molecule has 0 saturated heterocycles. The van der Waals surface area contributed by atoms with E-state index in [2.05, 4.69) is 22.0 Å². The van der Waals surface area contributed by atoms with E-state index >= 15 is 0 Å². The maximum absolute atomic E-state index is 10.9. The summed E-state index contributed by atoms with van der Waals surface area (Å²) in [5.74, 6) is -1.13. The van der Waals surface area contributed by atoms with E-state index < -0.39 is 5.97 Å². The Balaban J connectivity index is 2.37.